The van der Waals surface area contributed by atoms with Gasteiger partial charge in [0.25, 0.3) is 0 Å². The molecule has 2 heteroatoms. The standard InChI is InChI=1S/C12H14O2/c1-7-4-8(2)10-6-11(13)9(3)14-12(10)5-7/h4-5,9H,6H2,1-3H3. The predicted molar refractivity (Wildman–Crippen MR) is 54.7 cm³/mol. The van der Waals surface area contributed by atoms with Gasteiger partial charge in [-0.1, -0.05) is 6.07 Å². The molecule has 2 rings (SSSR count). The van der Waals surface area contributed by atoms with Gasteiger partial charge in [0.15, 0.2) is 11.9 Å². The highest BCUT2D eigenvalue weighted by molar-refractivity contribution is 5.87. The molecule has 0 N–H and O–H groups in total. The van der Waals surface area contributed by atoms with Crippen LogP contribution in [0.15, 0.2) is 12.1 Å². The summed E-state index contributed by atoms with van der Waals surface area (Å²) in [6.45, 7) is 5.87. The van der Waals surface area contributed by atoms with E-state index >= 15 is 0 Å². The van der Waals surface area contributed by atoms with Crippen molar-refractivity contribution < 1.29 is 9.53 Å². The number of benzene rings is 1. The summed E-state index contributed by atoms with van der Waals surface area (Å²) >= 11 is 0. The normalized spacial score (nSPS) is 20.2. The van der Waals surface area contributed by atoms with E-state index in [1.807, 2.05) is 26.8 Å². The second kappa shape index (κ2) is 3.12. The number of fused-ring (bicyclic) bond motifs is 1. The van der Waals surface area contributed by atoms with E-state index in [1.165, 1.54) is 5.56 Å². The number of carbonyl (C=O) groups excluding carboxylic acids is 1. The highest BCUT2D eigenvalue weighted by atomic mass is 16.5. The maximum atomic E-state index is 11.5. The van der Waals surface area contributed by atoms with E-state index in [-0.39, 0.29) is 11.9 Å². The second-order valence-corrected chi connectivity index (χ2v) is 3.96. The third-order valence-corrected chi connectivity index (χ3v) is 2.68. The lowest BCUT2D eigenvalue weighted by Crippen LogP contribution is -2.30. The molecule has 0 radical (unpaired) electrons. The van der Waals surface area contributed by atoms with Crippen LogP contribution in [0.3, 0.4) is 0 Å². The van der Waals surface area contributed by atoms with Gasteiger partial charge in [0, 0.05) is 12.0 Å². The molecule has 74 valence electrons. The number of hydrogen-bond acceptors (Lipinski definition) is 2. The van der Waals surface area contributed by atoms with Crippen molar-refractivity contribution in [2.75, 3.05) is 0 Å². The molecule has 14 heavy (non-hydrogen) atoms. The Morgan fingerprint density at radius 3 is 2.79 bits per heavy atom. The monoisotopic (exact) mass is 190 g/mol. The molecule has 0 aliphatic carbocycles. The van der Waals surface area contributed by atoms with E-state index in [2.05, 4.69) is 6.07 Å². The Kier molecular flexibility index (Phi) is 2.06. The first-order chi connectivity index (χ1) is 6.58. The van der Waals surface area contributed by atoms with Gasteiger partial charge in [0.05, 0.1) is 0 Å². The molecule has 1 unspecified atom stereocenters. The number of ketones is 1. The van der Waals surface area contributed by atoms with E-state index in [9.17, 15) is 4.79 Å². The lowest BCUT2D eigenvalue weighted by Gasteiger charge is -2.24. The van der Waals surface area contributed by atoms with Crippen molar-refractivity contribution in [2.24, 2.45) is 0 Å². The zero-order valence-corrected chi connectivity index (χ0v) is 8.76. The summed E-state index contributed by atoms with van der Waals surface area (Å²) in [6, 6.07) is 4.09. The molecule has 0 spiro atoms. The fraction of sp³-hybridized carbons (Fsp3) is 0.417. The first-order valence-corrected chi connectivity index (χ1v) is 4.87. The molecule has 1 aliphatic heterocycles. The molecular formula is C12H14O2. The first-order valence-electron chi connectivity index (χ1n) is 4.87. The average molecular weight is 190 g/mol. The summed E-state index contributed by atoms with van der Waals surface area (Å²) in [5.74, 6) is 1.05. The van der Waals surface area contributed by atoms with Gasteiger partial charge in [-0.25, -0.2) is 0 Å². The number of rotatable bonds is 0. The molecule has 2 nitrogen and oxygen atoms in total. The van der Waals surface area contributed by atoms with Crippen LogP contribution in [0, 0.1) is 13.8 Å². The van der Waals surface area contributed by atoms with Crippen LogP contribution in [0.2, 0.25) is 0 Å². The summed E-state index contributed by atoms with van der Waals surface area (Å²) in [4.78, 5) is 11.5. The predicted octanol–water partition coefficient (Wildman–Crippen LogP) is 2.20. The van der Waals surface area contributed by atoms with Crippen molar-refractivity contribution >= 4 is 5.78 Å². The van der Waals surface area contributed by atoms with Crippen LogP contribution >= 0.6 is 0 Å². The zero-order valence-electron chi connectivity index (χ0n) is 8.76. The third-order valence-electron chi connectivity index (χ3n) is 2.68. The molecule has 1 heterocycles. The average Bonchev–Trinajstić information content (AvgIpc) is 2.08. The summed E-state index contributed by atoms with van der Waals surface area (Å²) < 4.78 is 5.56. The Balaban J connectivity index is 2.51. The van der Waals surface area contributed by atoms with E-state index in [1.54, 1.807) is 0 Å². The van der Waals surface area contributed by atoms with Crippen molar-refractivity contribution in [1.29, 1.82) is 0 Å². The van der Waals surface area contributed by atoms with Crippen LogP contribution in [-0.2, 0) is 11.2 Å². The SMILES string of the molecule is Cc1cc(C)c2c(c1)OC(C)C(=O)C2. The van der Waals surface area contributed by atoms with Crippen LogP contribution in [-0.4, -0.2) is 11.9 Å². The minimum absolute atomic E-state index is 0.171. The van der Waals surface area contributed by atoms with Crippen LogP contribution in [0.1, 0.15) is 23.6 Å². The fourth-order valence-electron chi connectivity index (χ4n) is 1.86. The highest BCUT2D eigenvalue weighted by Crippen LogP contribution is 2.29. The molecular weight excluding hydrogens is 176 g/mol. The van der Waals surface area contributed by atoms with Crippen molar-refractivity contribution in [3.8, 4) is 5.75 Å². The van der Waals surface area contributed by atoms with Gasteiger partial charge in [0.1, 0.15) is 5.75 Å². The topological polar surface area (TPSA) is 26.3 Å². The van der Waals surface area contributed by atoms with Gasteiger partial charge in [-0.15, -0.1) is 0 Å². The highest BCUT2D eigenvalue weighted by Gasteiger charge is 2.25. The molecule has 1 atom stereocenters. The second-order valence-electron chi connectivity index (χ2n) is 3.96. The molecule has 1 aromatic rings. The lowest BCUT2D eigenvalue weighted by atomic mass is 9.96. The number of Topliss-reactive ketones (excluding diaryl/α,β-unsaturated/α-hetero) is 1. The summed E-state index contributed by atoms with van der Waals surface area (Å²) in [5, 5.41) is 0. The molecule has 0 amide bonds. The van der Waals surface area contributed by atoms with E-state index < -0.39 is 0 Å². The maximum Gasteiger partial charge on any atom is 0.177 e. The smallest absolute Gasteiger partial charge is 0.177 e. The molecule has 1 aliphatic rings. The van der Waals surface area contributed by atoms with Gasteiger partial charge in [-0.05, 0) is 38.0 Å². The molecule has 0 saturated heterocycles. The maximum absolute atomic E-state index is 11.5. The van der Waals surface area contributed by atoms with Crippen molar-refractivity contribution in [1.82, 2.24) is 0 Å². The van der Waals surface area contributed by atoms with Gasteiger partial charge >= 0.3 is 0 Å². The van der Waals surface area contributed by atoms with Crippen LogP contribution in [0.25, 0.3) is 0 Å². The van der Waals surface area contributed by atoms with Gasteiger partial charge in [0.2, 0.25) is 0 Å². The summed E-state index contributed by atoms with van der Waals surface area (Å²) in [6.07, 6.45) is 0.228. The van der Waals surface area contributed by atoms with Crippen LogP contribution in [0.4, 0.5) is 0 Å². The van der Waals surface area contributed by atoms with Gasteiger partial charge < -0.3 is 4.74 Å². The summed E-state index contributed by atoms with van der Waals surface area (Å²) in [5.41, 5.74) is 3.39. The zero-order chi connectivity index (χ0) is 10.3. The van der Waals surface area contributed by atoms with Crippen molar-refractivity contribution in [2.45, 2.75) is 33.3 Å². The Morgan fingerprint density at radius 1 is 1.36 bits per heavy atom. The Hall–Kier alpha value is -1.31. The molecule has 1 aromatic carbocycles. The van der Waals surface area contributed by atoms with Crippen LogP contribution < -0.4 is 4.74 Å². The van der Waals surface area contributed by atoms with E-state index in [0.29, 0.717) is 6.42 Å². The quantitative estimate of drug-likeness (QED) is 0.627. The Morgan fingerprint density at radius 2 is 2.07 bits per heavy atom. The minimum Gasteiger partial charge on any atom is -0.483 e. The van der Waals surface area contributed by atoms with Crippen LogP contribution in [0.5, 0.6) is 5.75 Å². The third kappa shape index (κ3) is 1.41. The Bertz CT molecular complexity index is 394. The van der Waals surface area contributed by atoms with E-state index in [0.717, 1.165) is 16.9 Å². The van der Waals surface area contributed by atoms with E-state index in [4.69, 9.17) is 4.74 Å². The largest absolute Gasteiger partial charge is 0.483 e. The minimum atomic E-state index is -0.288. The fourth-order valence-corrected chi connectivity index (χ4v) is 1.86. The number of aryl methyl sites for hydroxylation is 2. The lowest BCUT2D eigenvalue weighted by molar-refractivity contribution is -0.125. The van der Waals surface area contributed by atoms with Crippen molar-refractivity contribution in [3.05, 3.63) is 28.8 Å². The molecule has 0 bridgehead atoms. The summed E-state index contributed by atoms with van der Waals surface area (Å²) in [7, 11) is 0. The van der Waals surface area contributed by atoms with Gasteiger partial charge in [-0.3, -0.25) is 4.79 Å². The van der Waals surface area contributed by atoms with Gasteiger partial charge in [-0.2, -0.15) is 0 Å². The Labute approximate surface area is 83.9 Å². The number of hydrogen-bond donors (Lipinski definition) is 0. The molecule has 0 saturated carbocycles. The first kappa shape index (κ1) is 9.25. The van der Waals surface area contributed by atoms with Crippen molar-refractivity contribution in [3.63, 3.8) is 0 Å². The number of carbonyl (C=O) groups is 1. The number of ether oxygens (including phenoxy) is 1. The molecule has 0 fully saturated rings. The molecule has 0 aromatic heterocycles.